The van der Waals surface area contributed by atoms with Gasteiger partial charge in [0.15, 0.2) is 0 Å². The SMILES string of the molecule is CCC(CC)c1ccc2ccccc2n1. The topological polar surface area (TPSA) is 12.9 Å². The van der Waals surface area contributed by atoms with E-state index in [1.165, 1.54) is 23.9 Å². The zero-order valence-corrected chi connectivity index (χ0v) is 9.40. The lowest BCUT2D eigenvalue weighted by Gasteiger charge is -2.12. The summed E-state index contributed by atoms with van der Waals surface area (Å²) in [6, 6.07) is 12.6. The third-order valence-corrected chi connectivity index (χ3v) is 3.02. The number of rotatable bonds is 3. The van der Waals surface area contributed by atoms with Crippen LogP contribution in [0.4, 0.5) is 0 Å². The summed E-state index contributed by atoms with van der Waals surface area (Å²) in [5, 5.41) is 1.23. The van der Waals surface area contributed by atoms with E-state index in [2.05, 4.69) is 44.2 Å². The van der Waals surface area contributed by atoms with Crippen LogP contribution in [0.2, 0.25) is 0 Å². The van der Waals surface area contributed by atoms with Crippen LogP contribution in [0, 0.1) is 0 Å². The van der Waals surface area contributed by atoms with Crippen LogP contribution in [-0.2, 0) is 0 Å². The van der Waals surface area contributed by atoms with Gasteiger partial charge >= 0.3 is 0 Å². The standard InChI is InChI=1S/C14H17N/c1-3-11(4-2)14-10-9-12-7-5-6-8-13(12)15-14/h5-11H,3-4H2,1-2H3. The summed E-state index contributed by atoms with van der Waals surface area (Å²) < 4.78 is 0. The Bertz CT molecular complexity index is 444. The molecule has 0 bridgehead atoms. The minimum absolute atomic E-state index is 0.606. The summed E-state index contributed by atoms with van der Waals surface area (Å²) >= 11 is 0. The average Bonchev–Trinajstić information content (AvgIpc) is 2.30. The number of aromatic nitrogens is 1. The minimum atomic E-state index is 0.606. The van der Waals surface area contributed by atoms with Gasteiger partial charge in [0.25, 0.3) is 0 Å². The van der Waals surface area contributed by atoms with E-state index < -0.39 is 0 Å². The highest BCUT2D eigenvalue weighted by Crippen LogP contribution is 2.23. The molecule has 0 spiro atoms. The summed E-state index contributed by atoms with van der Waals surface area (Å²) in [6.45, 7) is 4.45. The molecular weight excluding hydrogens is 182 g/mol. The molecule has 0 N–H and O–H groups in total. The van der Waals surface area contributed by atoms with E-state index in [-0.39, 0.29) is 0 Å². The molecular formula is C14H17N. The largest absolute Gasteiger partial charge is 0.253 e. The monoisotopic (exact) mass is 199 g/mol. The van der Waals surface area contributed by atoms with Gasteiger partial charge in [0.05, 0.1) is 5.52 Å². The second-order valence-corrected chi connectivity index (χ2v) is 3.94. The molecule has 1 nitrogen and oxygen atoms in total. The Morgan fingerprint density at radius 1 is 1.00 bits per heavy atom. The first-order chi connectivity index (χ1) is 7.35. The maximum atomic E-state index is 4.72. The van der Waals surface area contributed by atoms with Gasteiger partial charge in [-0.3, -0.25) is 4.98 Å². The fourth-order valence-corrected chi connectivity index (χ4v) is 2.02. The molecule has 0 atom stereocenters. The van der Waals surface area contributed by atoms with Crippen LogP contribution in [0.3, 0.4) is 0 Å². The third kappa shape index (κ3) is 2.01. The molecule has 0 aliphatic heterocycles. The molecule has 0 saturated carbocycles. The summed E-state index contributed by atoms with van der Waals surface area (Å²) in [6.07, 6.45) is 2.34. The number of hydrogen-bond acceptors (Lipinski definition) is 1. The predicted octanol–water partition coefficient (Wildman–Crippen LogP) is 4.14. The van der Waals surface area contributed by atoms with Gasteiger partial charge < -0.3 is 0 Å². The van der Waals surface area contributed by atoms with E-state index >= 15 is 0 Å². The Hall–Kier alpha value is -1.37. The Morgan fingerprint density at radius 3 is 2.47 bits per heavy atom. The molecule has 1 heteroatoms. The molecule has 0 fully saturated rings. The number of pyridine rings is 1. The number of nitrogens with zero attached hydrogens (tertiary/aromatic N) is 1. The summed E-state index contributed by atoms with van der Waals surface area (Å²) in [4.78, 5) is 4.72. The Morgan fingerprint density at radius 2 is 1.73 bits per heavy atom. The van der Waals surface area contributed by atoms with E-state index in [1.54, 1.807) is 0 Å². The van der Waals surface area contributed by atoms with Crippen molar-refractivity contribution in [3.05, 3.63) is 42.1 Å². The van der Waals surface area contributed by atoms with Crippen molar-refractivity contribution in [3.63, 3.8) is 0 Å². The normalized spacial score (nSPS) is 11.1. The van der Waals surface area contributed by atoms with Crippen molar-refractivity contribution in [3.8, 4) is 0 Å². The van der Waals surface area contributed by atoms with Gasteiger partial charge in [-0.25, -0.2) is 0 Å². The van der Waals surface area contributed by atoms with Crippen LogP contribution in [0.15, 0.2) is 36.4 Å². The molecule has 0 aliphatic rings. The summed E-state index contributed by atoms with van der Waals surface area (Å²) in [5.41, 5.74) is 2.35. The molecule has 2 aromatic rings. The molecule has 0 aliphatic carbocycles. The number of para-hydroxylation sites is 1. The number of benzene rings is 1. The van der Waals surface area contributed by atoms with E-state index in [0.29, 0.717) is 5.92 Å². The molecule has 78 valence electrons. The van der Waals surface area contributed by atoms with Crippen molar-refractivity contribution in [1.29, 1.82) is 0 Å². The van der Waals surface area contributed by atoms with Crippen molar-refractivity contribution in [2.24, 2.45) is 0 Å². The Balaban J connectivity index is 2.46. The van der Waals surface area contributed by atoms with Crippen LogP contribution < -0.4 is 0 Å². The molecule has 0 unspecified atom stereocenters. The fourth-order valence-electron chi connectivity index (χ4n) is 2.02. The lowest BCUT2D eigenvalue weighted by molar-refractivity contribution is 0.626. The zero-order valence-electron chi connectivity index (χ0n) is 9.40. The van der Waals surface area contributed by atoms with Crippen LogP contribution in [0.25, 0.3) is 10.9 Å². The lowest BCUT2D eigenvalue weighted by atomic mass is 9.98. The fraction of sp³-hybridized carbons (Fsp3) is 0.357. The van der Waals surface area contributed by atoms with Crippen molar-refractivity contribution in [2.45, 2.75) is 32.6 Å². The molecule has 0 radical (unpaired) electrons. The number of fused-ring (bicyclic) bond motifs is 1. The van der Waals surface area contributed by atoms with Crippen molar-refractivity contribution < 1.29 is 0 Å². The van der Waals surface area contributed by atoms with E-state index in [9.17, 15) is 0 Å². The van der Waals surface area contributed by atoms with Crippen molar-refractivity contribution >= 4 is 10.9 Å². The van der Waals surface area contributed by atoms with Gasteiger partial charge in [-0.15, -0.1) is 0 Å². The Labute approximate surface area is 91.2 Å². The van der Waals surface area contributed by atoms with Gasteiger partial charge in [0.2, 0.25) is 0 Å². The quantitative estimate of drug-likeness (QED) is 0.724. The highest BCUT2D eigenvalue weighted by Gasteiger charge is 2.08. The zero-order chi connectivity index (χ0) is 10.7. The Kier molecular flexibility index (Phi) is 3.00. The van der Waals surface area contributed by atoms with Gasteiger partial charge in [0.1, 0.15) is 0 Å². The van der Waals surface area contributed by atoms with Crippen LogP contribution >= 0.6 is 0 Å². The van der Waals surface area contributed by atoms with Crippen LogP contribution in [0.5, 0.6) is 0 Å². The highest BCUT2D eigenvalue weighted by atomic mass is 14.7. The molecule has 0 amide bonds. The maximum absolute atomic E-state index is 4.72. The maximum Gasteiger partial charge on any atom is 0.0705 e. The van der Waals surface area contributed by atoms with E-state index in [4.69, 9.17) is 4.98 Å². The van der Waals surface area contributed by atoms with E-state index in [0.717, 1.165) is 5.52 Å². The molecule has 1 heterocycles. The van der Waals surface area contributed by atoms with E-state index in [1.807, 2.05) is 6.07 Å². The van der Waals surface area contributed by atoms with Crippen molar-refractivity contribution in [2.75, 3.05) is 0 Å². The first-order valence-corrected chi connectivity index (χ1v) is 5.70. The van der Waals surface area contributed by atoms with Crippen molar-refractivity contribution in [1.82, 2.24) is 4.98 Å². The summed E-state index contributed by atoms with van der Waals surface area (Å²) in [7, 11) is 0. The highest BCUT2D eigenvalue weighted by molar-refractivity contribution is 5.78. The first kappa shape index (κ1) is 10.2. The smallest absolute Gasteiger partial charge is 0.0705 e. The molecule has 1 aromatic heterocycles. The van der Waals surface area contributed by atoms with Gasteiger partial charge in [-0.2, -0.15) is 0 Å². The van der Waals surface area contributed by atoms with Gasteiger partial charge in [0, 0.05) is 17.0 Å². The molecule has 2 rings (SSSR count). The number of hydrogen-bond donors (Lipinski definition) is 0. The third-order valence-electron chi connectivity index (χ3n) is 3.02. The second-order valence-electron chi connectivity index (χ2n) is 3.94. The molecule has 1 aromatic carbocycles. The predicted molar refractivity (Wildman–Crippen MR) is 65.1 cm³/mol. The van der Waals surface area contributed by atoms with Crippen LogP contribution in [0.1, 0.15) is 38.3 Å². The second kappa shape index (κ2) is 4.43. The first-order valence-electron chi connectivity index (χ1n) is 5.70. The summed E-state index contributed by atoms with van der Waals surface area (Å²) in [5.74, 6) is 0.606. The minimum Gasteiger partial charge on any atom is -0.253 e. The molecule has 15 heavy (non-hydrogen) atoms. The lowest BCUT2D eigenvalue weighted by Crippen LogP contribution is -1.98. The van der Waals surface area contributed by atoms with Gasteiger partial charge in [-0.05, 0) is 25.0 Å². The molecule has 0 saturated heterocycles. The van der Waals surface area contributed by atoms with Crippen LogP contribution in [-0.4, -0.2) is 4.98 Å². The average molecular weight is 199 g/mol. The van der Waals surface area contributed by atoms with Gasteiger partial charge in [-0.1, -0.05) is 38.1 Å².